The van der Waals surface area contributed by atoms with Crippen LogP contribution in [-0.4, -0.2) is 15.9 Å². The first-order valence-corrected chi connectivity index (χ1v) is 6.98. The van der Waals surface area contributed by atoms with Crippen LogP contribution in [0, 0.1) is 0 Å². The quantitative estimate of drug-likeness (QED) is 0.843. The first kappa shape index (κ1) is 12.0. The van der Waals surface area contributed by atoms with Gasteiger partial charge < -0.3 is 4.74 Å². The number of hydrogen-bond acceptors (Lipinski definition) is 2. The summed E-state index contributed by atoms with van der Waals surface area (Å²) < 4.78 is 8.93. The second-order valence-corrected chi connectivity index (χ2v) is 5.15. The summed E-state index contributed by atoms with van der Waals surface area (Å²) in [6.45, 7) is 3.09. The van der Waals surface area contributed by atoms with Gasteiger partial charge in [-0.25, -0.2) is 0 Å². The topological polar surface area (TPSA) is 27.1 Å². The zero-order chi connectivity index (χ0) is 11.4. The van der Waals surface area contributed by atoms with E-state index in [2.05, 4.69) is 28.0 Å². The highest BCUT2D eigenvalue weighted by Crippen LogP contribution is 2.29. The van der Waals surface area contributed by atoms with Crippen LogP contribution in [0.5, 0.6) is 5.75 Å². The Hall–Kier alpha value is -0.510. The molecule has 1 aliphatic rings. The van der Waals surface area contributed by atoms with Crippen LogP contribution in [0.25, 0.3) is 0 Å². The van der Waals surface area contributed by atoms with Crippen molar-refractivity contribution in [3.63, 3.8) is 0 Å². The molecule has 1 heterocycles. The maximum atomic E-state index is 5.98. The Balaban J connectivity index is 1.97. The summed E-state index contributed by atoms with van der Waals surface area (Å²) in [5, 5.41) is 4.32. The molecule has 0 amide bonds. The lowest BCUT2D eigenvalue weighted by Crippen LogP contribution is -2.19. The summed E-state index contributed by atoms with van der Waals surface area (Å²) in [4.78, 5) is 0. The standard InChI is InChI=1S/C12H19BrN2O/c1-2-8-15-12(13)11(9-14-15)16-10-6-4-3-5-7-10/h9-10H,2-8H2,1H3. The number of hydrogen-bond donors (Lipinski definition) is 0. The van der Waals surface area contributed by atoms with E-state index >= 15 is 0 Å². The molecular formula is C12H19BrN2O. The summed E-state index contributed by atoms with van der Waals surface area (Å²) in [7, 11) is 0. The van der Waals surface area contributed by atoms with Crippen molar-refractivity contribution in [1.29, 1.82) is 0 Å². The van der Waals surface area contributed by atoms with E-state index in [1.807, 2.05) is 10.9 Å². The molecular weight excluding hydrogens is 268 g/mol. The van der Waals surface area contributed by atoms with E-state index in [1.54, 1.807) is 0 Å². The van der Waals surface area contributed by atoms with Gasteiger partial charge in [0.2, 0.25) is 0 Å². The molecule has 0 N–H and O–H groups in total. The van der Waals surface area contributed by atoms with Crippen LogP contribution in [0.4, 0.5) is 0 Å². The number of halogens is 1. The van der Waals surface area contributed by atoms with Crippen LogP contribution in [-0.2, 0) is 6.54 Å². The second kappa shape index (κ2) is 5.71. The first-order valence-electron chi connectivity index (χ1n) is 6.19. The van der Waals surface area contributed by atoms with Crippen molar-refractivity contribution in [1.82, 2.24) is 9.78 Å². The minimum absolute atomic E-state index is 0.393. The Kier molecular flexibility index (Phi) is 4.27. The molecule has 1 aromatic rings. The monoisotopic (exact) mass is 286 g/mol. The molecule has 4 heteroatoms. The fourth-order valence-electron chi connectivity index (χ4n) is 2.16. The van der Waals surface area contributed by atoms with E-state index in [9.17, 15) is 0 Å². The Bertz CT molecular complexity index is 332. The van der Waals surface area contributed by atoms with Crippen molar-refractivity contribution in [2.24, 2.45) is 0 Å². The SMILES string of the molecule is CCCn1ncc(OC2CCCCC2)c1Br. The molecule has 0 aliphatic heterocycles. The van der Waals surface area contributed by atoms with E-state index in [0.29, 0.717) is 6.10 Å². The maximum Gasteiger partial charge on any atom is 0.172 e. The molecule has 0 saturated heterocycles. The van der Waals surface area contributed by atoms with Gasteiger partial charge in [0.05, 0.1) is 12.3 Å². The van der Waals surface area contributed by atoms with Gasteiger partial charge in [-0.15, -0.1) is 0 Å². The number of aryl methyl sites for hydroxylation is 1. The summed E-state index contributed by atoms with van der Waals surface area (Å²) in [6, 6.07) is 0. The van der Waals surface area contributed by atoms with Gasteiger partial charge in [0.1, 0.15) is 4.60 Å². The molecule has 0 bridgehead atoms. The zero-order valence-corrected chi connectivity index (χ0v) is 11.4. The van der Waals surface area contributed by atoms with Gasteiger partial charge in [0.25, 0.3) is 0 Å². The van der Waals surface area contributed by atoms with Crippen molar-refractivity contribution >= 4 is 15.9 Å². The molecule has 1 aromatic heterocycles. The predicted octanol–water partition coefficient (Wildman–Crippen LogP) is 3.77. The number of aromatic nitrogens is 2. The smallest absolute Gasteiger partial charge is 0.172 e. The lowest BCUT2D eigenvalue weighted by atomic mass is 9.98. The van der Waals surface area contributed by atoms with Crippen molar-refractivity contribution in [3.05, 3.63) is 10.8 Å². The van der Waals surface area contributed by atoms with Gasteiger partial charge in [-0.3, -0.25) is 4.68 Å². The lowest BCUT2D eigenvalue weighted by molar-refractivity contribution is 0.153. The number of nitrogens with zero attached hydrogens (tertiary/aromatic N) is 2. The van der Waals surface area contributed by atoms with Gasteiger partial charge >= 0.3 is 0 Å². The van der Waals surface area contributed by atoms with Crippen molar-refractivity contribution in [3.8, 4) is 5.75 Å². The lowest BCUT2D eigenvalue weighted by Gasteiger charge is -2.22. The highest BCUT2D eigenvalue weighted by molar-refractivity contribution is 9.10. The van der Waals surface area contributed by atoms with Gasteiger partial charge in [-0.1, -0.05) is 13.3 Å². The van der Waals surface area contributed by atoms with Crippen molar-refractivity contribution in [2.45, 2.75) is 58.1 Å². The first-order chi connectivity index (χ1) is 7.81. The fraction of sp³-hybridized carbons (Fsp3) is 0.750. The minimum atomic E-state index is 0.393. The molecule has 1 saturated carbocycles. The van der Waals surface area contributed by atoms with Crippen LogP contribution in [0.15, 0.2) is 10.8 Å². The molecule has 0 spiro atoms. The van der Waals surface area contributed by atoms with Gasteiger partial charge in [-0.2, -0.15) is 5.10 Å². The van der Waals surface area contributed by atoms with E-state index < -0.39 is 0 Å². The van der Waals surface area contributed by atoms with Crippen LogP contribution >= 0.6 is 15.9 Å². The van der Waals surface area contributed by atoms with Crippen LogP contribution < -0.4 is 4.74 Å². The molecule has 1 aliphatic carbocycles. The summed E-state index contributed by atoms with van der Waals surface area (Å²) >= 11 is 3.55. The number of rotatable bonds is 4. The van der Waals surface area contributed by atoms with Crippen LogP contribution in [0.3, 0.4) is 0 Å². The highest BCUT2D eigenvalue weighted by Gasteiger charge is 2.17. The van der Waals surface area contributed by atoms with E-state index in [-0.39, 0.29) is 0 Å². The summed E-state index contributed by atoms with van der Waals surface area (Å²) in [6.07, 6.45) is 9.63. The van der Waals surface area contributed by atoms with Gasteiger partial charge in [-0.05, 0) is 48.0 Å². The molecule has 1 fully saturated rings. The van der Waals surface area contributed by atoms with Crippen LogP contribution in [0.2, 0.25) is 0 Å². The maximum absolute atomic E-state index is 5.98. The largest absolute Gasteiger partial charge is 0.486 e. The third-order valence-electron chi connectivity index (χ3n) is 3.03. The third-order valence-corrected chi connectivity index (χ3v) is 3.83. The molecule has 0 atom stereocenters. The second-order valence-electron chi connectivity index (χ2n) is 4.40. The van der Waals surface area contributed by atoms with E-state index in [0.717, 1.165) is 23.3 Å². The average molecular weight is 287 g/mol. The molecule has 0 aromatic carbocycles. The van der Waals surface area contributed by atoms with Gasteiger partial charge in [0.15, 0.2) is 5.75 Å². The molecule has 16 heavy (non-hydrogen) atoms. The molecule has 0 unspecified atom stereocenters. The molecule has 0 radical (unpaired) electrons. The van der Waals surface area contributed by atoms with Gasteiger partial charge in [0, 0.05) is 6.54 Å². The highest BCUT2D eigenvalue weighted by atomic mass is 79.9. The Labute approximate surface area is 105 Å². The Morgan fingerprint density at radius 3 is 2.88 bits per heavy atom. The zero-order valence-electron chi connectivity index (χ0n) is 9.79. The Morgan fingerprint density at radius 1 is 1.44 bits per heavy atom. The fourth-order valence-corrected chi connectivity index (χ4v) is 2.63. The van der Waals surface area contributed by atoms with E-state index in [4.69, 9.17) is 4.74 Å². The summed E-state index contributed by atoms with van der Waals surface area (Å²) in [5.74, 6) is 0.903. The predicted molar refractivity (Wildman–Crippen MR) is 67.7 cm³/mol. The van der Waals surface area contributed by atoms with Crippen molar-refractivity contribution < 1.29 is 4.74 Å². The van der Waals surface area contributed by atoms with Crippen molar-refractivity contribution in [2.75, 3.05) is 0 Å². The number of ether oxygens (including phenoxy) is 1. The Morgan fingerprint density at radius 2 is 2.19 bits per heavy atom. The van der Waals surface area contributed by atoms with Crippen LogP contribution in [0.1, 0.15) is 45.4 Å². The third kappa shape index (κ3) is 2.78. The molecule has 2 rings (SSSR count). The minimum Gasteiger partial charge on any atom is -0.486 e. The normalized spacial score (nSPS) is 17.6. The summed E-state index contributed by atoms with van der Waals surface area (Å²) in [5.41, 5.74) is 0. The van der Waals surface area contributed by atoms with E-state index in [1.165, 1.54) is 32.1 Å². The molecule has 3 nitrogen and oxygen atoms in total. The molecule has 90 valence electrons. The average Bonchev–Trinajstić information content (AvgIpc) is 2.64.